The zero-order valence-electron chi connectivity index (χ0n) is 11.6. The van der Waals surface area contributed by atoms with E-state index >= 15 is 0 Å². The van der Waals surface area contributed by atoms with Gasteiger partial charge in [0.1, 0.15) is 0 Å². The van der Waals surface area contributed by atoms with Crippen LogP contribution in [-0.2, 0) is 0 Å². The van der Waals surface area contributed by atoms with Gasteiger partial charge in [-0.15, -0.1) is 17.0 Å². The van der Waals surface area contributed by atoms with Gasteiger partial charge in [0.2, 0.25) is 0 Å². The van der Waals surface area contributed by atoms with E-state index in [0.29, 0.717) is 11.3 Å². The first-order valence-electron chi connectivity index (χ1n) is 6.91. The topological polar surface area (TPSA) is 17.8 Å². The van der Waals surface area contributed by atoms with Gasteiger partial charge in [-0.3, -0.25) is 0 Å². The molecule has 2 atom stereocenters. The second-order valence-corrected chi connectivity index (χ2v) is 5.54. The van der Waals surface area contributed by atoms with E-state index in [4.69, 9.17) is 12.6 Å². The van der Waals surface area contributed by atoms with Crippen molar-refractivity contribution in [1.29, 1.82) is 0 Å². The summed E-state index contributed by atoms with van der Waals surface area (Å²) in [4.78, 5) is 4.08. The lowest BCUT2D eigenvalue weighted by Crippen LogP contribution is -2.15. The van der Waals surface area contributed by atoms with Crippen molar-refractivity contribution in [3.05, 3.63) is 18.7 Å². The Morgan fingerprint density at radius 3 is 2.44 bits per heavy atom. The van der Waals surface area contributed by atoms with Crippen LogP contribution < -0.4 is 0 Å². The highest BCUT2D eigenvalue weighted by molar-refractivity contribution is 8.93. The smallest absolute Gasteiger partial charge is 0.0948 e. The molecule has 0 amide bonds. The van der Waals surface area contributed by atoms with Crippen LogP contribution in [0.25, 0.3) is 0 Å². The molecule has 0 fully saturated rings. The highest BCUT2D eigenvalue weighted by Gasteiger charge is 2.13. The van der Waals surface area contributed by atoms with Gasteiger partial charge in [-0.1, -0.05) is 45.4 Å². The summed E-state index contributed by atoms with van der Waals surface area (Å²) in [5.74, 6) is 0. The lowest BCUT2D eigenvalue weighted by atomic mass is 10.1. The van der Waals surface area contributed by atoms with E-state index in [9.17, 15) is 0 Å². The van der Waals surface area contributed by atoms with Crippen LogP contribution in [0.1, 0.15) is 64.8 Å². The molecule has 0 aromatic carbocycles. The number of nitrogens with zero attached hydrogens (tertiary/aromatic N) is 2. The van der Waals surface area contributed by atoms with Gasteiger partial charge in [-0.05, 0) is 13.3 Å². The Balaban J connectivity index is 0.00000289. The lowest BCUT2D eigenvalue weighted by Gasteiger charge is -2.20. The minimum absolute atomic E-state index is 0. The number of halogens is 1. The molecule has 18 heavy (non-hydrogen) atoms. The molecule has 1 aromatic heterocycles. The fourth-order valence-electron chi connectivity index (χ4n) is 2.08. The van der Waals surface area contributed by atoms with E-state index in [1.54, 1.807) is 0 Å². The minimum atomic E-state index is 0. The van der Waals surface area contributed by atoms with Crippen molar-refractivity contribution in [3.8, 4) is 0 Å². The Morgan fingerprint density at radius 2 is 1.83 bits per heavy atom. The predicted molar refractivity (Wildman–Crippen MR) is 88.0 cm³/mol. The normalized spacial score (nSPS) is 13.9. The van der Waals surface area contributed by atoms with Gasteiger partial charge < -0.3 is 4.57 Å². The standard InChI is InChI=1S/C14H26N2S.BrH/c1-3-4-5-6-7-8-9-14(17)13(2)16-11-10-15-12-16;/h10-14,17H,3-9H2,1-2H3;1H. The summed E-state index contributed by atoms with van der Waals surface area (Å²) in [5, 5.41) is 0.440. The number of rotatable bonds is 9. The highest BCUT2D eigenvalue weighted by atomic mass is 79.9. The molecule has 106 valence electrons. The van der Waals surface area contributed by atoms with Gasteiger partial charge in [0, 0.05) is 23.7 Å². The zero-order valence-corrected chi connectivity index (χ0v) is 14.2. The van der Waals surface area contributed by atoms with Crippen LogP contribution in [0.15, 0.2) is 18.7 Å². The van der Waals surface area contributed by atoms with Crippen LogP contribution >= 0.6 is 29.6 Å². The highest BCUT2D eigenvalue weighted by Crippen LogP contribution is 2.21. The van der Waals surface area contributed by atoms with Gasteiger partial charge in [0.15, 0.2) is 0 Å². The summed E-state index contributed by atoms with van der Waals surface area (Å²) in [7, 11) is 0. The van der Waals surface area contributed by atoms with Gasteiger partial charge in [0.25, 0.3) is 0 Å². The van der Waals surface area contributed by atoms with E-state index in [-0.39, 0.29) is 17.0 Å². The molecule has 4 heteroatoms. The van der Waals surface area contributed by atoms with Crippen molar-refractivity contribution in [2.45, 2.75) is 70.1 Å². The third-order valence-corrected chi connectivity index (χ3v) is 4.10. The minimum Gasteiger partial charge on any atom is -0.334 e. The number of hydrogen-bond donors (Lipinski definition) is 1. The fourth-order valence-corrected chi connectivity index (χ4v) is 2.42. The van der Waals surface area contributed by atoms with Crippen molar-refractivity contribution in [2.24, 2.45) is 0 Å². The summed E-state index contributed by atoms with van der Waals surface area (Å²) in [6, 6.07) is 0.441. The predicted octanol–water partition coefficient (Wildman–Crippen LogP) is 5.07. The van der Waals surface area contributed by atoms with Crippen LogP contribution in [0, 0.1) is 0 Å². The fraction of sp³-hybridized carbons (Fsp3) is 0.786. The van der Waals surface area contributed by atoms with Crippen LogP contribution in [-0.4, -0.2) is 14.8 Å². The molecule has 1 rings (SSSR count). The molecule has 0 aliphatic rings. The molecule has 2 unspecified atom stereocenters. The molecule has 0 bridgehead atoms. The van der Waals surface area contributed by atoms with Crippen molar-refractivity contribution in [1.82, 2.24) is 9.55 Å². The third-order valence-electron chi connectivity index (χ3n) is 3.41. The monoisotopic (exact) mass is 334 g/mol. The van der Waals surface area contributed by atoms with Crippen molar-refractivity contribution in [3.63, 3.8) is 0 Å². The summed E-state index contributed by atoms with van der Waals surface area (Å²) in [6.45, 7) is 4.48. The maximum Gasteiger partial charge on any atom is 0.0948 e. The van der Waals surface area contributed by atoms with Gasteiger partial charge in [-0.25, -0.2) is 4.98 Å². The number of thiol groups is 1. The summed E-state index contributed by atoms with van der Waals surface area (Å²) in [5.41, 5.74) is 0. The summed E-state index contributed by atoms with van der Waals surface area (Å²) < 4.78 is 2.15. The molecule has 1 heterocycles. The van der Waals surface area contributed by atoms with Crippen molar-refractivity contribution >= 4 is 29.6 Å². The average Bonchev–Trinajstić information content (AvgIpc) is 2.86. The Bertz CT molecular complexity index is 277. The number of hydrogen-bond acceptors (Lipinski definition) is 2. The SMILES string of the molecule is Br.CCCCCCCCC(S)C(C)n1ccnc1. The zero-order chi connectivity index (χ0) is 12.5. The second-order valence-electron chi connectivity index (χ2n) is 4.87. The molecule has 0 spiro atoms. The molecule has 2 nitrogen and oxygen atoms in total. The average molecular weight is 335 g/mol. The van der Waals surface area contributed by atoms with Gasteiger partial charge >= 0.3 is 0 Å². The van der Waals surface area contributed by atoms with E-state index in [0.717, 1.165) is 0 Å². The molecule has 0 aliphatic heterocycles. The lowest BCUT2D eigenvalue weighted by molar-refractivity contribution is 0.481. The molecule has 0 saturated carbocycles. The second kappa shape index (κ2) is 10.9. The molecular formula is C14H27BrN2S. The molecule has 0 radical (unpaired) electrons. The summed E-state index contributed by atoms with van der Waals surface area (Å²) >= 11 is 4.71. The first kappa shape index (κ1) is 18.0. The first-order valence-corrected chi connectivity index (χ1v) is 7.42. The molecule has 0 aliphatic carbocycles. The maximum atomic E-state index is 4.71. The molecule has 0 saturated heterocycles. The van der Waals surface area contributed by atoms with Crippen LogP contribution in [0.5, 0.6) is 0 Å². The van der Waals surface area contributed by atoms with E-state index in [2.05, 4.69) is 23.4 Å². The quantitative estimate of drug-likeness (QED) is 0.493. The Morgan fingerprint density at radius 1 is 1.17 bits per heavy atom. The summed E-state index contributed by atoms with van der Waals surface area (Å²) in [6.07, 6.45) is 15.1. The first-order chi connectivity index (χ1) is 8.25. The Hall–Kier alpha value is 0.0400. The maximum absolute atomic E-state index is 4.71. The van der Waals surface area contributed by atoms with Crippen molar-refractivity contribution in [2.75, 3.05) is 0 Å². The van der Waals surface area contributed by atoms with Crippen LogP contribution in [0.2, 0.25) is 0 Å². The molecule has 1 aromatic rings. The molecule has 0 N–H and O–H groups in total. The number of aromatic nitrogens is 2. The van der Waals surface area contributed by atoms with E-state index < -0.39 is 0 Å². The largest absolute Gasteiger partial charge is 0.334 e. The van der Waals surface area contributed by atoms with Crippen LogP contribution in [0.3, 0.4) is 0 Å². The number of unbranched alkanes of at least 4 members (excludes halogenated alkanes) is 5. The van der Waals surface area contributed by atoms with E-state index in [1.807, 2.05) is 18.7 Å². The number of imidazole rings is 1. The third kappa shape index (κ3) is 6.83. The van der Waals surface area contributed by atoms with Crippen molar-refractivity contribution < 1.29 is 0 Å². The molecular weight excluding hydrogens is 308 g/mol. The Kier molecular flexibility index (Phi) is 10.9. The van der Waals surface area contributed by atoms with Gasteiger partial charge in [-0.2, -0.15) is 12.6 Å². The Labute approximate surface area is 128 Å². The van der Waals surface area contributed by atoms with E-state index in [1.165, 1.54) is 44.9 Å². The van der Waals surface area contributed by atoms with Gasteiger partial charge in [0.05, 0.1) is 6.33 Å². The van der Waals surface area contributed by atoms with Crippen LogP contribution in [0.4, 0.5) is 0 Å².